The fraction of sp³-hybridized carbons (Fsp3) is 0.385. The molecule has 2 fully saturated rings. The number of nitrogens with zero attached hydrogens (tertiary/aromatic N) is 2. The fourth-order valence-electron chi connectivity index (χ4n) is 5.71. The van der Waals surface area contributed by atoms with Crippen molar-refractivity contribution in [3.8, 4) is 5.69 Å². The molecule has 0 amide bonds. The molecule has 0 unspecified atom stereocenters. The van der Waals surface area contributed by atoms with Crippen LogP contribution in [-0.2, 0) is 14.3 Å². The molecule has 2 aromatic heterocycles. The summed E-state index contributed by atoms with van der Waals surface area (Å²) >= 11 is 0. The molecule has 2 aliphatic heterocycles. The fourth-order valence-corrected chi connectivity index (χ4v) is 5.71. The van der Waals surface area contributed by atoms with E-state index in [9.17, 15) is 18.7 Å². The van der Waals surface area contributed by atoms with E-state index in [0.29, 0.717) is 60.9 Å². The molecule has 2 aromatic carbocycles. The number of halogens is 3. The molecule has 4 heterocycles. The van der Waals surface area contributed by atoms with Gasteiger partial charge in [0.05, 0.1) is 18.3 Å². The minimum Gasteiger partial charge on any atom is -0.479 e. The number of carboxylic acid groups (broad SMARTS) is 1. The van der Waals surface area contributed by atoms with Gasteiger partial charge in [-0.3, -0.25) is 5.10 Å². The summed E-state index contributed by atoms with van der Waals surface area (Å²) in [6.45, 7) is 1.17. The maximum atomic E-state index is 16.2. The van der Waals surface area contributed by atoms with E-state index in [2.05, 4.69) is 10.2 Å². The van der Waals surface area contributed by atoms with Gasteiger partial charge in [-0.25, -0.2) is 18.0 Å². The highest BCUT2D eigenvalue weighted by molar-refractivity contribution is 6.00. The van der Waals surface area contributed by atoms with Gasteiger partial charge in [0.15, 0.2) is 23.6 Å². The Balaban J connectivity index is 1.66. The molecular weight excluding hydrogens is 475 g/mol. The number of rotatable bonds is 4. The summed E-state index contributed by atoms with van der Waals surface area (Å²) < 4.78 is 57.5. The van der Waals surface area contributed by atoms with Crippen LogP contribution in [0.1, 0.15) is 48.8 Å². The highest BCUT2D eigenvalue weighted by Gasteiger charge is 2.36. The van der Waals surface area contributed by atoms with E-state index in [0.717, 1.165) is 23.4 Å². The molecule has 2 saturated heterocycles. The Morgan fingerprint density at radius 1 is 1.06 bits per heavy atom. The Kier molecular flexibility index (Phi) is 5.72. The third-order valence-corrected chi connectivity index (χ3v) is 7.41. The number of ether oxygens (including phenoxy) is 2. The van der Waals surface area contributed by atoms with E-state index in [1.807, 2.05) is 4.57 Å². The molecule has 2 aliphatic rings. The zero-order chi connectivity index (χ0) is 25.0. The number of fused-ring (bicyclic) bond motifs is 2. The van der Waals surface area contributed by atoms with Gasteiger partial charge in [0.2, 0.25) is 0 Å². The number of aromatic nitrogens is 3. The number of nitrogens with one attached hydrogen (secondary N) is 1. The summed E-state index contributed by atoms with van der Waals surface area (Å²) in [6.07, 6.45) is 2.76. The van der Waals surface area contributed by atoms with Crippen LogP contribution in [0.25, 0.3) is 27.5 Å². The smallest absolute Gasteiger partial charge is 0.332 e. The third-order valence-electron chi connectivity index (χ3n) is 7.41. The lowest BCUT2D eigenvalue weighted by Crippen LogP contribution is -2.32. The van der Waals surface area contributed by atoms with E-state index in [4.69, 9.17) is 9.47 Å². The van der Waals surface area contributed by atoms with Crippen LogP contribution in [0.3, 0.4) is 0 Å². The van der Waals surface area contributed by atoms with Crippen LogP contribution in [0.15, 0.2) is 30.5 Å². The molecule has 6 rings (SSSR count). The number of benzene rings is 2. The highest BCUT2D eigenvalue weighted by atomic mass is 19.2. The number of carbonyl (C=O) groups is 1. The first kappa shape index (κ1) is 23.1. The van der Waals surface area contributed by atoms with Crippen molar-refractivity contribution in [1.29, 1.82) is 0 Å². The first-order valence-corrected chi connectivity index (χ1v) is 12.0. The molecule has 10 heteroatoms. The standard InChI is InChI=1S/C26H24F3N3O4/c27-17-3-2-16(10-18(17)28)32-19-9-15-11-30-31-24(15)23(29)22(19)21(25(32)13-5-7-35-8-6-13)14-1-4-20(26(33)34)36-12-14/h2-3,9-11,13-14,20H,1,4-8,12H2,(H,30,31)(H,33,34)/t14-,20+/m0/s1. The number of hydrogen-bond donors (Lipinski definition) is 2. The lowest BCUT2D eigenvalue weighted by molar-refractivity contribution is -0.153. The van der Waals surface area contributed by atoms with Crippen LogP contribution < -0.4 is 0 Å². The van der Waals surface area contributed by atoms with Crippen LogP contribution in [0.5, 0.6) is 0 Å². The normalized spacial score (nSPS) is 21.4. The van der Waals surface area contributed by atoms with Crippen LogP contribution in [0.2, 0.25) is 0 Å². The first-order chi connectivity index (χ1) is 17.4. The molecule has 0 bridgehead atoms. The molecule has 4 aromatic rings. The molecule has 0 radical (unpaired) electrons. The van der Waals surface area contributed by atoms with Gasteiger partial charge in [0.25, 0.3) is 0 Å². The average Bonchev–Trinajstić information content (AvgIpc) is 3.50. The summed E-state index contributed by atoms with van der Waals surface area (Å²) in [6, 6.07) is 5.48. The second kappa shape index (κ2) is 8.94. The zero-order valence-corrected chi connectivity index (χ0v) is 19.3. The largest absolute Gasteiger partial charge is 0.479 e. The molecule has 36 heavy (non-hydrogen) atoms. The van der Waals surface area contributed by atoms with Crippen molar-refractivity contribution in [2.45, 2.75) is 43.6 Å². The predicted molar refractivity (Wildman–Crippen MR) is 125 cm³/mol. The van der Waals surface area contributed by atoms with Gasteiger partial charge in [0, 0.05) is 53.3 Å². The lowest BCUT2D eigenvalue weighted by Gasteiger charge is -2.31. The first-order valence-electron chi connectivity index (χ1n) is 12.0. The Labute approximate surface area is 203 Å². The topological polar surface area (TPSA) is 89.4 Å². The molecule has 188 valence electrons. The van der Waals surface area contributed by atoms with Gasteiger partial charge in [-0.1, -0.05) is 0 Å². The second-order valence-corrected chi connectivity index (χ2v) is 9.47. The molecule has 7 nitrogen and oxygen atoms in total. The molecule has 0 aliphatic carbocycles. The lowest BCUT2D eigenvalue weighted by atomic mass is 9.84. The van der Waals surface area contributed by atoms with Crippen molar-refractivity contribution < 1.29 is 32.5 Å². The van der Waals surface area contributed by atoms with Gasteiger partial charge >= 0.3 is 5.97 Å². The maximum absolute atomic E-state index is 16.2. The van der Waals surface area contributed by atoms with Gasteiger partial charge < -0.3 is 19.1 Å². The summed E-state index contributed by atoms with van der Waals surface area (Å²) in [5.41, 5.74) is 2.68. The average molecular weight is 499 g/mol. The molecular formula is C26H24F3N3O4. The Morgan fingerprint density at radius 3 is 2.56 bits per heavy atom. The summed E-state index contributed by atoms with van der Waals surface area (Å²) in [7, 11) is 0. The maximum Gasteiger partial charge on any atom is 0.332 e. The molecule has 2 atom stereocenters. The minimum absolute atomic E-state index is 0.0256. The van der Waals surface area contributed by atoms with Crippen molar-refractivity contribution >= 4 is 27.8 Å². The van der Waals surface area contributed by atoms with Crippen molar-refractivity contribution in [3.63, 3.8) is 0 Å². The number of aliphatic carboxylic acids is 1. The van der Waals surface area contributed by atoms with Crippen LogP contribution in [0, 0.1) is 17.5 Å². The van der Waals surface area contributed by atoms with Crippen LogP contribution in [-0.4, -0.2) is 51.8 Å². The van der Waals surface area contributed by atoms with Crippen molar-refractivity contribution in [2.75, 3.05) is 19.8 Å². The Morgan fingerprint density at radius 2 is 1.86 bits per heavy atom. The van der Waals surface area contributed by atoms with E-state index < -0.39 is 29.5 Å². The molecule has 0 spiro atoms. The molecule has 2 N–H and O–H groups in total. The third kappa shape index (κ3) is 3.67. The Bertz CT molecular complexity index is 1470. The van der Waals surface area contributed by atoms with Crippen LogP contribution in [0.4, 0.5) is 13.2 Å². The van der Waals surface area contributed by atoms with E-state index in [1.54, 1.807) is 6.07 Å². The SMILES string of the molecule is O=C(O)[C@H]1CC[C@H](c2c(C3CCOCC3)n(-c3ccc(F)c(F)c3)c3cc4cn[nH]c4c(F)c23)CO1. The van der Waals surface area contributed by atoms with Gasteiger partial charge in [-0.15, -0.1) is 0 Å². The van der Waals surface area contributed by atoms with Crippen molar-refractivity contribution in [3.05, 3.63) is 59.2 Å². The predicted octanol–water partition coefficient (Wildman–Crippen LogP) is 5.17. The van der Waals surface area contributed by atoms with E-state index in [-0.39, 0.29) is 24.0 Å². The summed E-state index contributed by atoms with van der Waals surface area (Å²) in [5.74, 6) is -3.77. The minimum atomic E-state index is -1.02. The van der Waals surface area contributed by atoms with Gasteiger partial charge in [0.1, 0.15) is 5.52 Å². The molecule has 0 saturated carbocycles. The quantitative estimate of drug-likeness (QED) is 0.405. The van der Waals surface area contributed by atoms with Crippen LogP contribution >= 0.6 is 0 Å². The second-order valence-electron chi connectivity index (χ2n) is 9.47. The number of hydrogen-bond acceptors (Lipinski definition) is 4. The van der Waals surface area contributed by atoms with E-state index >= 15 is 4.39 Å². The number of H-pyrrole nitrogens is 1. The van der Waals surface area contributed by atoms with Crippen molar-refractivity contribution in [2.24, 2.45) is 0 Å². The zero-order valence-electron chi connectivity index (χ0n) is 19.3. The van der Waals surface area contributed by atoms with Gasteiger partial charge in [-0.2, -0.15) is 5.10 Å². The highest BCUT2D eigenvalue weighted by Crippen LogP contribution is 2.46. The van der Waals surface area contributed by atoms with Crippen molar-refractivity contribution in [1.82, 2.24) is 14.8 Å². The number of aromatic amines is 1. The van der Waals surface area contributed by atoms with Gasteiger partial charge in [-0.05, 0) is 49.4 Å². The summed E-state index contributed by atoms with van der Waals surface area (Å²) in [5, 5.41) is 17.0. The number of carboxylic acids is 1. The Hall–Kier alpha value is -3.37. The van der Waals surface area contributed by atoms with E-state index in [1.165, 1.54) is 12.3 Å². The monoisotopic (exact) mass is 499 g/mol. The summed E-state index contributed by atoms with van der Waals surface area (Å²) in [4.78, 5) is 11.5.